The first kappa shape index (κ1) is 25.3. The summed E-state index contributed by atoms with van der Waals surface area (Å²) in [5, 5.41) is 34.3. The molecule has 25 heavy (non-hydrogen) atoms. The zero-order chi connectivity index (χ0) is 20.2. The van der Waals surface area contributed by atoms with Crippen LogP contribution in [0.3, 0.4) is 0 Å². The van der Waals surface area contributed by atoms with Crippen molar-refractivity contribution in [1.29, 1.82) is 0 Å². The fourth-order valence-corrected chi connectivity index (χ4v) is 19.7. The Kier molecular flexibility index (Phi) is 9.08. The van der Waals surface area contributed by atoms with E-state index in [1.165, 1.54) is 0 Å². The molecule has 0 saturated heterocycles. The van der Waals surface area contributed by atoms with Gasteiger partial charge in [-0.15, -0.1) is 0 Å². The molecule has 4 N–H and O–H groups in total. The molecule has 0 saturated carbocycles. The molecular formula is C4H12O16S4Sn. The van der Waals surface area contributed by atoms with Gasteiger partial charge in [-0.05, 0) is 0 Å². The summed E-state index contributed by atoms with van der Waals surface area (Å²) >= 11 is -7.37. The Morgan fingerprint density at radius 3 is 0.760 bits per heavy atom. The van der Waals surface area contributed by atoms with Gasteiger partial charge in [-0.3, -0.25) is 0 Å². The Balaban J connectivity index is 6.48. The van der Waals surface area contributed by atoms with Crippen molar-refractivity contribution in [3.63, 3.8) is 0 Å². The number of aliphatic hydroxyl groups is 4. The molecule has 0 aliphatic heterocycles. The molecule has 0 aromatic heterocycles. The van der Waals surface area contributed by atoms with Crippen LogP contribution in [0.5, 0.6) is 0 Å². The molecule has 0 aromatic rings. The molecule has 0 spiro atoms. The average Bonchev–Trinajstić information content (AvgIpc) is 2.45. The quantitative estimate of drug-likeness (QED) is 0.162. The van der Waals surface area contributed by atoms with Gasteiger partial charge >= 0.3 is 148 Å². The van der Waals surface area contributed by atoms with Crippen LogP contribution in [0.2, 0.25) is 0 Å². The second kappa shape index (κ2) is 8.98. The third-order valence-corrected chi connectivity index (χ3v) is 20.3. The molecule has 0 amide bonds. The molecule has 0 aromatic carbocycles. The summed E-state index contributed by atoms with van der Waals surface area (Å²) in [6.45, 7) is 0. The summed E-state index contributed by atoms with van der Waals surface area (Å²) in [6, 6.07) is 0. The van der Waals surface area contributed by atoms with Crippen LogP contribution in [0.25, 0.3) is 0 Å². The SMILES string of the molecule is O=S(=O)(CO)[O][Sn]([O]S(=O)(=O)CO)([O]S(=O)(=O)CO)[O]S(=O)(=O)CO. The number of hydrogen-bond acceptors (Lipinski definition) is 16. The van der Waals surface area contributed by atoms with E-state index in [1.807, 2.05) is 0 Å². The first-order valence-corrected chi connectivity index (χ1v) is 16.2. The number of hydrogen-bond donors (Lipinski definition) is 4. The fourth-order valence-electron chi connectivity index (χ4n) is 0.811. The number of aliphatic hydroxyl groups excluding tert-OH is 4. The molecule has 0 heterocycles. The van der Waals surface area contributed by atoms with Gasteiger partial charge < -0.3 is 0 Å². The Labute approximate surface area is 148 Å². The Morgan fingerprint density at radius 1 is 0.480 bits per heavy atom. The second-order valence-corrected chi connectivity index (χ2v) is 18.3. The Morgan fingerprint density at radius 2 is 0.640 bits per heavy atom. The summed E-state index contributed by atoms with van der Waals surface area (Å²) in [7, 11) is -21.1. The summed E-state index contributed by atoms with van der Waals surface area (Å²) in [5.41, 5.74) is 0. The van der Waals surface area contributed by atoms with Crippen LogP contribution in [-0.2, 0) is 50.6 Å². The zero-order valence-corrected chi connectivity index (χ0v) is 17.8. The van der Waals surface area contributed by atoms with Gasteiger partial charge in [0.1, 0.15) is 0 Å². The third kappa shape index (κ3) is 9.16. The Hall–Kier alpha value is 0.279. The van der Waals surface area contributed by atoms with Crippen molar-refractivity contribution in [2.75, 3.05) is 23.8 Å². The van der Waals surface area contributed by atoms with Crippen LogP contribution in [0.1, 0.15) is 0 Å². The monoisotopic (exact) mass is 564 g/mol. The van der Waals surface area contributed by atoms with Crippen LogP contribution in [0, 0.1) is 0 Å². The predicted molar refractivity (Wildman–Crippen MR) is 74.1 cm³/mol. The normalized spacial score (nSPS) is 14.6. The summed E-state index contributed by atoms with van der Waals surface area (Å²) < 4.78 is 106. The Bertz CT molecular complexity index is 700. The van der Waals surface area contributed by atoms with Crippen molar-refractivity contribution in [2.24, 2.45) is 0 Å². The molecule has 0 atom stereocenters. The van der Waals surface area contributed by atoms with Crippen LogP contribution in [-0.4, -0.2) is 97.9 Å². The summed E-state index contributed by atoms with van der Waals surface area (Å²) in [5.74, 6) is -7.73. The fraction of sp³-hybridized carbons (Fsp3) is 1.00. The van der Waals surface area contributed by atoms with Gasteiger partial charge in [-0.2, -0.15) is 0 Å². The van der Waals surface area contributed by atoms with E-state index in [4.69, 9.17) is 20.4 Å². The van der Waals surface area contributed by atoms with Gasteiger partial charge in [0.25, 0.3) is 0 Å². The predicted octanol–water partition coefficient (Wildman–Crippen LogP) is -5.39. The topological polar surface area (TPSA) is 254 Å². The molecule has 0 aliphatic rings. The average molecular weight is 563 g/mol. The van der Waals surface area contributed by atoms with E-state index >= 15 is 0 Å². The van der Waals surface area contributed by atoms with Gasteiger partial charge in [0, 0.05) is 0 Å². The van der Waals surface area contributed by atoms with Gasteiger partial charge in [-0.25, -0.2) is 0 Å². The van der Waals surface area contributed by atoms with Crippen molar-refractivity contribution >= 4 is 60.5 Å². The van der Waals surface area contributed by atoms with Gasteiger partial charge in [0.05, 0.1) is 0 Å². The minimum absolute atomic E-state index is 1.93. The molecular weight excluding hydrogens is 551 g/mol. The summed E-state index contributed by atoms with van der Waals surface area (Å²) in [4.78, 5) is 0. The van der Waals surface area contributed by atoms with Gasteiger partial charge in [0.2, 0.25) is 0 Å². The van der Waals surface area contributed by atoms with E-state index in [0.717, 1.165) is 0 Å². The standard InChI is InChI=1S/4CH4O4S.Sn/c4*2-1-6(3,4)5;/h4*2H,1H2,(H,3,4,5);/q;;;;+4/p-4. The van der Waals surface area contributed by atoms with Gasteiger partial charge in [-0.1, -0.05) is 0 Å². The molecule has 152 valence electrons. The van der Waals surface area contributed by atoms with Crippen molar-refractivity contribution in [1.82, 2.24) is 0 Å². The van der Waals surface area contributed by atoms with E-state index in [2.05, 4.69) is 10.1 Å². The first-order valence-electron chi connectivity index (χ1n) is 5.24. The molecule has 0 aliphatic carbocycles. The maximum atomic E-state index is 11.3. The minimum atomic E-state index is -7.37. The van der Waals surface area contributed by atoms with Crippen molar-refractivity contribution in [2.45, 2.75) is 0 Å². The van der Waals surface area contributed by atoms with Crippen LogP contribution >= 0.6 is 0 Å². The molecule has 0 bridgehead atoms. The first-order chi connectivity index (χ1) is 11.1. The van der Waals surface area contributed by atoms with E-state index in [1.54, 1.807) is 0 Å². The third-order valence-electron chi connectivity index (χ3n) is 1.55. The van der Waals surface area contributed by atoms with Crippen LogP contribution in [0.15, 0.2) is 0 Å². The maximum absolute atomic E-state index is 11.3. The molecule has 0 radical (unpaired) electrons. The molecule has 21 heteroatoms. The van der Waals surface area contributed by atoms with Crippen LogP contribution in [0.4, 0.5) is 0 Å². The van der Waals surface area contributed by atoms with Crippen LogP contribution < -0.4 is 0 Å². The molecule has 0 fully saturated rings. The van der Waals surface area contributed by atoms with Crippen molar-refractivity contribution < 1.29 is 64.2 Å². The van der Waals surface area contributed by atoms with Crippen molar-refractivity contribution in [3.05, 3.63) is 0 Å². The van der Waals surface area contributed by atoms with E-state index < -0.39 is 84.3 Å². The zero-order valence-electron chi connectivity index (χ0n) is 11.6. The van der Waals surface area contributed by atoms with Crippen molar-refractivity contribution in [3.8, 4) is 0 Å². The molecule has 0 rings (SSSR count). The molecule has 0 unspecified atom stereocenters. The van der Waals surface area contributed by atoms with Gasteiger partial charge in [0.15, 0.2) is 0 Å². The van der Waals surface area contributed by atoms with E-state index in [9.17, 15) is 33.7 Å². The van der Waals surface area contributed by atoms with E-state index in [0.29, 0.717) is 0 Å². The number of rotatable bonds is 12. The molecule has 16 nitrogen and oxygen atoms in total. The second-order valence-electron chi connectivity index (χ2n) is 3.58. The van der Waals surface area contributed by atoms with E-state index in [-0.39, 0.29) is 0 Å². The summed E-state index contributed by atoms with van der Waals surface area (Å²) in [6.07, 6.45) is 0.